The van der Waals surface area contributed by atoms with E-state index >= 15 is 0 Å². The minimum atomic E-state index is -0.321. The maximum atomic E-state index is 6.34. The lowest BCUT2D eigenvalue weighted by molar-refractivity contribution is 0.770. The van der Waals surface area contributed by atoms with Crippen LogP contribution in [0.3, 0.4) is 0 Å². The van der Waals surface area contributed by atoms with Crippen molar-refractivity contribution in [1.82, 2.24) is 19.6 Å². The van der Waals surface area contributed by atoms with E-state index in [0.29, 0.717) is 5.02 Å². The molecule has 118 valence electrons. The molecule has 4 rings (SSSR count). The van der Waals surface area contributed by atoms with Crippen LogP contribution in [0.2, 0.25) is 5.02 Å². The van der Waals surface area contributed by atoms with E-state index in [-0.39, 0.29) is 6.04 Å². The highest BCUT2D eigenvalue weighted by atomic mass is 35.5. The largest absolute Gasteiger partial charge is 0.319 e. The average Bonchev–Trinajstić information content (AvgIpc) is 3.05. The Hall–Kier alpha value is -2.76. The first-order valence-electron chi connectivity index (χ1n) is 7.48. The minimum absolute atomic E-state index is 0.321. The molecule has 0 amide bonds. The normalized spacial score (nSPS) is 12.4. The fraction of sp³-hybridized carbons (Fsp3) is 0.0556. The van der Waals surface area contributed by atoms with E-state index in [2.05, 4.69) is 15.1 Å². The second-order valence-electron chi connectivity index (χ2n) is 5.44. The molecular weight excluding hydrogens is 322 g/mol. The Labute approximate surface area is 143 Å². The van der Waals surface area contributed by atoms with Crippen LogP contribution in [0.4, 0.5) is 0 Å². The number of imidazole rings is 1. The molecule has 0 aliphatic rings. The summed E-state index contributed by atoms with van der Waals surface area (Å²) in [5.41, 5.74) is 10.7. The molecule has 0 saturated heterocycles. The molecule has 1 aromatic carbocycles. The lowest BCUT2D eigenvalue weighted by Crippen LogP contribution is -2.15. The zero-order valence-corrected chi connectivity index (χ0v) is 13.4. The van der Waals surface area contributed by atoms with Crippen molar-refractivity contribution in [3.05, 3.63) is 83.4 Å². The second-order valence-corrected chi connectivity index (χ2v) is 5.87. The Morgan fingerprint density at radius 2 is 1.71 bits per heavy atom. The van der Waals surface area contributed by atoms with Gasteiger partial charge in [-0.3, -0.25) is 4.98 Å². The van der Waals surface area contributed by atoms with E-state index in [4.69, 9.17) is 17.3 Å². The molecule has 3 heterocycles. The lowest BCUT2D eigenvalue weighted by Gasteiger charge is -2.12. The third-order valence-electron chi connectivity index (χ3n) is 3.91. The fourth-order valence-corrected chi connectivity index (χ4v) is 2.74. The molecule has 1 unspecified atom stereocenters. The van der Waals surface area contributed by atoms with Crippen LogP contribution in [-0.2, 0) is 0 Å². The van der Waals surface area contributed by atoms with Crippen molar-refractivity contribution in [2.45, 2.75) is 6.04 Å². The summed E-state index contributed by atoms with van der Waals surface area (Å²) >= 11 is 5.97. The molecule has 6 heteroatoms. The molecule has 0 radical (unpaired) electrons. The summed E-state index contributed by atoms with van der Waals surface area (Å²) in [6.45, 7) is 0. The highest BCUT2D eigenvalue weighted by molar-refractivity contribution is 6.30. The van der Waals surface area contributed by atoms with E-state index in [1.54, 1.807) is 23.1 Å². The Morgan fingerprint density at radius 1 is 0.958 bits per heavy atom. The summed E-state index contributed by atoms with van der Waals surface area (Å²) in [6, 6.07) is 14.9. The van der Waals surface area contributed by atoms with Gasteiger partial charge < -0.3 is 5.73 Å². The van der Waals surface area contributed by atoms with Gasteiger partial charge in [0.25, 0.3) is 0 Å². The number of halogens is 1. The summed E-state index contributed by atoms with van der Waals surface area (Å²) < 4.78 is 1.81. The van der Waals surface area contributed by atoms with Crippen molar-refractivity contribution >= 4 is 17.2 Å². The number of nitrogens with zero attached hydrogens (tertiary/aromatic N) is 4. The van der Waals surface area contributed by atoms with Gasteiger partial charge in [-0.2, -0.15) is 5.10 Å². The first-order chi connectivity index (χ1) is 11.7. The summed E-state index contributed by atoms with van der Waals surface area (Å²) in [5.74, 6) is 0. The predicted octanol–water partition coefficient (Wildman–Crippen LogP) is 3.49. The van der Waals surface area contributed by atoms with E-state index in [1.165, 1.54) is 0 Å². The van der Waals surface area contributed by atoms with Crippen LogP contribution >= 0.6 is 11.6 Å². The molecular formula is C18H14ClN5. The van der Waals surface area contributed by atoms with Crippen LogP contribution in [0.5, 0.6) is 0 Å². The SMILES string of the molecule is NC(c1ccncc1)c1ccc2ncc(-c3ccc(Cl)cc3)n2n1. The molecule has 5 nitrogen and oxygen atoms in total. The number of rotatable bonds is 3. The van der Waals surface area contributed by atoms with Gasteiger partial charge in [-0.15, -0.1) is 0 Å². The van der Waals surface area contributed by atoms with Crippen LogP contribution < -0.4 is 5.73 Å². The molecule has 3 aromatic heterocycles. The molecule has 4 aromatic rings. The van der Waals surface area contributed by atoms with E-state index in [0.717, 1.165) is 28.2 Å². The fourth-order valence-electron chi connectivity index (χ4n) is 2.61. The Bertz CT molecular complexity index is 979. The van der Waals surface area contributed by atoms with Gasteiger partial charge in [0, 0.05) is 23.0 Å². The molecule has 0 aliphatic carbocycles. The van der Waals surface area contributed by atoms with Crippen LogP contribution in [0.15, 0.2) is 67.1 Å². The lowest BCUT2D eigenvalue weighted by atomic mass is 10.1. The van der Waals surface area contributed by atoms with Gasteiger partial charge in [0.05, 0.1) is 23.6 Å². The molecule has 0 saturated carbocycles. The Morgan fingerprint density at radius 3 is 2.46 bits per heavy atom. The molecule has 0 aliphatic heterocycles. The van der Waals surface area contributed by atoms with Gasteiger partial charge in [0.1, 0.15) is 0 Å². The average molecular weight is 336 g/mol. The maximum Gasteiger partial charge on any atom is 0.154 e. The number of fused-ring (bicyclic) bond motifs is 1. The zero-order valence-electron chi connectivity index (χ0n) is 12.7. The van der Waals surface area contributed by atoms with E-state index in [1.807, 2.05) is 48.5 Å². The van der Waals surface area contributed by atoms with Gasteiger partial charge in [-0.05, 0) is 42.0 Å². The smallest absolute Gasteiger partial charge is 0.154 e. The number of hydrogen-bond donors (Lipinski definition) is 1. The van der Waals surface area contributed by atoms with Gasteiger partial charge >= 0.3 is 0 Å². The van der Waals surface area contributed by atoms with Crippen molar-refractivity contribution in [3.8, 4) is 11.3 Å². The van der Waals surface area contributed by atoms with Gasteiger partial charge in [-0.1, -0.05) is 23.7 Å². The molecule has 0 bridgehead atoms. The summed E-state index contributed by atoms with van der Waals surface area (Å²) in [7, 11) is 0. The quantitative estimate of drug-likeness (QED) is 0.622. The van der Waals surface area contributed by atoms with Crippen molar-refractivity contribution in [2.75, 3.05) is 0 Å². The van der Waals surface area contributed by atoms with Crippen LogP contribution in [0.1, 0.15) is 17.3 Å². The van der Waals surface area contributed by atoms with Crippen molar-refractivity contribution < 1.29 is 0 Å². The number of hydrogen-bond acceptors (Lipinski definition) is 4. The standard InChI is InChI=1S/C18H14ClN5/c19-14-3-1-12(2-4-14)16-11-22-17-6-5-15(23-24(16)17)18(20)13-7-9-21-10-8-13/h1-11,18H,20H2. The molecule has 0 fully saturated rings. The highest BCUT2D eigenvalue weighted by Gasteiger charge is 2.13. The predicted molar refractivity (Wildman–Crippen MR) is 93.7 cm³/mol. The second kappa shape index (κ2) is 6.03. The maximum absolute atomic E-state index is 6.34. The third-order valence-corrected chi connectivity index (χ3v) is 4.16. The Balaban J connectivity index is 1.80. The van der Waals surface area contributed by atoms with Crippen molar-refractivity contribution in [3.63, 3.8) is 0 Å². The van der Waals surface area contributed by atoms with Crippen LogP contribution in [0.25, 0.3) is 16.9 Å². The first kappa shape index (κ1) is 14.8. The van der Waals surface area contributed by atoms with Gasteiger partial charge in [0.2, 0.25) is 0 Å². The van der Waals surface area contributed by atoms with Crippen molar-refractivity contribution in [1.29, 1.82) is 0 Å². The summed E-state index contributed by atoms with van der Waals surface area (Å²) in [4.78, 5) is 8.43. The van der Waals surface area contributed by atoms with E-state index in [9.17, 15) is 0 Å². The van der Waals surface area contributed by atoms with Gasteiger partial charge in [0.15, 0.2) is 5.65 Å². The number of benzene rings is 1. The Kier molecular flexibility index (Phi) is 3.72. The van der Waals surface area contributed by atoms with Crippen LogP contribution in [0, 0.1) is 0 Å². The monoisotopic (exact) mass is 335 g/mol. The number of aromatic nitrogens is 4. The molecule has 24 heavy (non-hydrogen) atoms. The topological polar surface area (TPSA) is 69.1 Å². The van der Waals surface area contributed by atoms with Crippen molar-refractivity contribution in [2.24, 2.45) is 5.73 Å². The number of pyridine rings is 1. The molecule has 0 spiro atoms. The zero-order chi connectivity index (χ0) is 16.5. The number of nitrogens with two attached hydrogens (primary N) is 1. The minimum Gasteiger partial charge on any atom is -0.319 e. The molecule has 1 atom stereocenters. The summed E-state index contributed by atoms with van der Waals surface area (Å²) in [6.07, 6.45) is 5.25. The molecule has 2 N–H and O–H groups in total. The van der Waals surface area contributed by atoms with Gasteiger partial charge in [-0.25, -0.2) is 9.50 Å². The first-order valence-corrected chi connectivity index (χ1v) is 7.86. The van der Waals surface area contributed by atoms with Crippen LogP contribution in [-0.4, -0.2) is 19.6 Å². The highest BCUT2D eigenvalue weighted by Crippen LogP contribution is 2.23. The summed E-state index contributed by atoms with van der Waals surface area (Å²) in [5, 5.41) is 5.38. The third kappa shape index (κ3) is 2.64. The van der Waals surface area contributed by atoms with E-state index < -0.39 is 0 Å².